The minimum absolute atomic E-state index is 0.0941. The molecule has 1 N–H and O–H groups in total. The predicted molar refractivity (Wildman–Crippen MR) is 309 cm³/mol. The fourth-order valence-electron chi connectivity index (χ4n) is 10.4. The van der Waals surface area contributed by atoms with Gasteiger partial charge < -0.3 is 5.11 Å². The van der Waals surface area contributed by atoms with Crippen molar-refractivity contribution in [1.82, 2.24) is 24.1 Å². The Hall–Kier alpha value is -7.35. The first-order valence-electron chi connectivity index (χ1n) is 25.6. The Morgan fingerprint density at radius 1 is 0.493 bits per heavy atom. The van der Waals surface area contributed by atoms with Crippen LogP contribution in [0.3, 0.4) is 0 Å². The van der Waals surface area contributed by atoms with Crippen molar-refractivity contribution in [3.05, 3.63) is 180 Å². The van der Waals surface area contributed by atoms with Gasteiger partial charge in [0.2, 0.25) is 0 Å². The van der Waals surface area contributed by atoms with Crippen LogP contribution in [0.5, 0.6) is 5.75 Å². The van der Waals surface area contributed by atoms with E-state index in [0.29, 0.717) is 11.4 Å². The first-order chi connectivity index (χ1) is 34.6. The number of hydrogen-bond acceptors (Lipinski definition) is 5. The maximum absolute atomic E-state index is 12.7. The van der Waals surface area contributed by atoms with Crippen LogP contribution in [0.1, 0.15) is 111 Å². The Kier molecular flexibility index (Phi) is 11.3. The Morgan fingerprint density at radius 2 is 1.15 bits per heavy atom. The summed E-state index contributed by atoms with van der Waals surface area (Å²) < 4.78 is 5.77. The number of rotatable bonds is 6. The van der Waals surface area contributed by atoms with Crippen molar-refractivity contribution in [2.75, 3.05) is 0 Å². The van der Waals surface area contributed by atoms with Gasteiger partial charge >= 0.3 is 0 Å². The largest absolute Gasteiger partial charge is 0.507 e. The summed E-state index contributed by atoms with van der Waals surface area (Å²) in [5.41, 5.74) is 15.2. The molecule has 0 bridgehead atoms. The lowest BCUT2D eigenvalue weighted by Gasteiger charge is -2.28. The second kappa shape index (κ2) is 17.1. The minimum atomic E-state index is -0.348. The zero-order chi connectivity index (χ0) is 51.5. The predicted octanol–water partition coefficient (Wildman–Crippen LogP) is 18.0. The third kappa shape index (κ3) is 8.32. The molecule has 0 aliphatic carbocycles. The second-order valence-corrected chi connectivity index (χ2v) is 25.1. The monoisotopic (exact) mass is 975 g/mol. The Labute approximate surface area is 434 Å². The van der Waals surface area contributed by atoms with Crippen LogP contribution in [-0.4, -0.2) is 29.2 Å². The first-order valence-corrected chi connectivity index (χ1v) is 26.4. The third-order valence-electron chi connectivity index (χ3n) is 14.7. The number of hydrogen-bond donors (Lipinski definition) is 1. The normalized spacial score (nSPS) is 12.8. The molecule has 7 heteroatoms. The van der Waals surface area contributed by atoms with Crippen LogP contribution < -0.4 is 0 Å². The number of aromatic hydroxyl groups is 1. The molecule has 0 fully saturated rings. The number of para-hydroxylation sites is 1. The molecule has 0 saturated carbocycles. The van der Waals surface area contributed by atoms with Crippen molar-refractivity contribution in [3.63, 3.8) is 0 Å². The van der Waals surface area contributed by atoms with E-state index >= 15 is 0 Å². The van der Waals surface area contributed by atoms with Crippen LogP contribution in [0.2, 0.25) is 0 Å². The maximum atomic E-state index is 12.7. The highest BCUT2D eigenvalue weighted by molar-refractivity contribution is 7.22. The SMILES string of the molecule is Cc1c(-c2ccccc2)sc2cc3c(cc12)c1cccnc1n3-c1cc(C(C)(C)C)cc(-c2cccc3c2nc(-c2cc(C(C)(C)C)cc(C(C)(C)C)c2O)n3-c2ccc(C(C)(C)C)cc2-c2ccccc2)n1. The summed E-state index contributed by atoms with van der Waals surface area (Å²) in [5, 5.41) is 16.2. The summed E-state index contributed by atoms with van der Waals surface area (Å²) in [5.74, 6) is 1.70. The number of fused-ring (bicyclic) bond motifs is 5. The molecular formula is C66H65N5OS. The number of aromatic nitrogens is 5. The zero-order valence-electron chi connectivity index (χ0n) is 44.5. The van der Waals surface area contributed by atoms with Crippen LogP contribution >= 0.6 is 11.3 Å². The van der Waals surface area contributed by atoms with E-state index in [4.69, 9.17) is 15.0 Å². The molecular weight excluding hydrogens is 911 g/mol. The highest BCUT2D eigenvalue weighted by atomic mass is 32.1. The van der Waals surface area contributed by atoms with Gasteiger partial charge in [-0.2, -0.15) is 0 Å². The fraction of sp³-hybridized carbons (Fsp3) is 0.258. The average molecular weight is 976 g/mol. The van der Waals surface area contributed by atoms with E-state index in [9.17, 15) is 5.11 Å². The topological polar surface area (TPSA) is 68.8 Å². The molecule has 6 nitrogen and oxygen atoms in total. The van der Waals surface area contributed by atoms with Crippen molar-refractivity contribution in [2.24, 2.45) is 0 Å². The molecule has 0 aliphatic heterocycles. The van der Waals surface area contributed by atoms with E-state index in [-0.39, 0.29) is 27.4 Å². The number of thiophene rings is 1. The average Bonchev–Trinajstić information content (AvgIpc) is 4.01. The first kappa shape index (κ1) is 47.9. The van der Waals surface area contributed by atoms with E-state index in [1.807, 2.05) is 23.6 Å². The summed E-state index contributed by atoms with van der Waals surface area (Å²) in [6.45, 7) is 29.0. The van der Waals surface area contributed by atoms with Crippen molar-refractivity contribution >= 4 is 54.4 Å². The molecule has 5 aromatic heterocycles. The lowest BCUT2D eigenvalue weighted by Crippen LogP contribution is -2.17. The van der Waals surface area contributed by atoms with Crippen LogP contribution in [0.4, 0.5) is 0 Å². The Morgan fingerprint density at radius 3 is 1.82 bits per heavy atom. The lowest BCUT2D eigenvalue weighted by molar-refractivity contribution is 0.446. The summed E-state index contributed by atoms with van der Waals surface area (Å²) in [4.78, 5) is 17.8. The van der Waals surface area contributed by atoms with Gasteiger partial charge in [-0.15, -0.1) is 11.3 Å². The standard InChI is InChI=1S/C66H65N5OS/c1-39-47-37-49-45-27-21-31-67-61(45)71(55(49)38-56(47)73-60(39)41-24-18-15-19-25-41)57-36-44(65(8,9)10)35-52(68-57)46-26-20-28-54-58(46)69-62(50-33-43(64(5,6)7)34-51(59(50)72)66(11,12)13)70(54)53-30-29-42(63(2,3)4)32-48(53)40-22-16-14-17-23-40/h14-38,72H,1-13H3. The van der Waals surface area contributed by atoms with E-state index in [2.05, 4.69) is 239 Å². The van der Waals surface area contributed by atoms with Crippen molar-refractivity contribution in [1.29, 1.82) is 0 Å². The van der Waals surface area contributed by atoms with E-state index in [1.165, 1.54) is 31.7 Å². The molecule has 0 radical (unpaired) electrons. The number of nitrogens with zero attached hydrogens (tertiary/aromatic N) is 5. The van der Waals surface area contributed by atoms with Gasteiger partial charge in [-0.25, -0.2) is 15.0 Å². The molecule has 11 rings (SSSR count). The van der Waals surface area contributed by atoms with Crippen LogP contribution in [0, 0.1) is 6.92 Å². The smallest absolute Gasteiger partial charge is 0.149 e. The summed E-state index contributed by atoms with van der Waals surface area (Å²) in [6, 6.07) is 52.4. The molecule has 366 valence electrons. The van der Waals surface area contributed by atoms with Gasteiger partial charge in [0.05, 0.1) is 33.5 Å². The number of aryl methyl sites for hydroxylation is 1. The van der Waals surface area contributed by atoms with Crippen molar-refractivity contribution < 1.29 is 5.11 Å². The summed E-state index contributed by atoms with van der Waals surface area (Å²) in [6.07, 6.45) is 1.88. The number of benzene rings is 6. The van der Waals surface area contributed by atoms with Gasteiger partial charge in [-0.3, -0.25) is 9.13 Å². The second-order valence-electron chi connectivity index (χ2n) is 24.1. The number of phenols is 1. The highest BCUT2D eigenvalue weighted by Crippen LogP contribution is 2.47. The van der Waals surface area contributed by atoms with Gasteiger partial charge in [0, 0.05) is 43.2 Å². The van der Waals surface area contributed by atoms with Crippen molar-refractivity contribution in [3.8, 4) is 61.5 Å². The minimum Gasteiger partial charge on any atom is -0.507 e. The van der Waals surface area contributed by atoms with E-state index < -0.39 is 0 Å². The Bertz CT molecular complexity index is 3960. The third-order valence-corrected chi connectivity index (χ3v) is 16.0. The van der Waals surface area contributed by atoms with Crippen LogP contribution in [0.25, 0.3) is 98.8 Å². The lowest BCUT2D eigenvalue weighted by atomic mass is 9.79. The van der Waals surface area contributed by atoms with Gasteiger partial charge in [0.15, 0.2) is 0 Å². The van der Waals surface area contributed by atoms with Crippen LogP contribution in [0.15, 0.2) is 152 Å². The number of phenolic OH excluding ortho intramolecular Hbond substituents is 1. The van der Waals surface area contributed by atoms with E-state index in [1.54, 1.807) is 0 Å². The molecule has 73 heavy (non-hydrogen) atoms. The summed E-state index contributed by atoms with van der Waals surface area (Å²) >= 11 is 1.84. The molecule has 5 heterocycles. The number of imidazole rings is 1. The van der Waals surface area contributed by atoms with Gasteiger partial charge in [0.25, 0.3) is 0 Å². The zero-order valence-corrected chi connectivity index (χ0v) is 45.3. The molecule has 0 spiro atoms. The van der Waals surface area contributed by atoms with E-state index in [0.717, 1.165) is 83.5 Å². The number of pyridine rings is 2. The molecule has 11 aromatic rings. The van der Waals surface area contributed by atoms with Gasteiger partial charge in [-0.05, 0) is 128 Å². The van der Waals surface area contributed by atoms with Crippen molar-refractivity contribution in [2.45, 2.75) is 112 Å². The fourth-order valence-corrected chi connectivity index (χ4v) is 11.7. The van der Waals surface area contributed by atoms with Gasteiger partial charge in [-0.1, -0.05) is 168 Å². The Balaban J connectivity index is 1.22. The molecule has 0 saturated heterocycles. The van der Waals surface area contributed by atoms with Gasteiger partial charge in [0.1, 0.15) is 23.0 Å². The quantitative estimate of drug-likeness (QED) is 0.180. The summed E-state index contributed by atoms with van der Waals surface area (Å²) in [7, 11) is 0. The van der Waals surface area contributed by atoms with Crippen LogP contribution in [-0.2, 0) is 21.7 Å². The molecule has 0 amide bonds. The molecule has 6 aromatic carbocycles. The highest BCUT2D eigenvalue weighted by Gasteiger charge is 2.31. The molecule has 0 aliphatic rings. The molecule has 0 atom stereocenters. The molecule has 0 unspecified atom stereocenters. The maximum Gasteiger partial charge on any atom is 0.149 e.